The number of sulfonamides is 1. The predicted molar refractivity (Wildman–Crippen MR) is 64.2 cm³/mol. The zero-order chi connectivity index (χ0) is 13.9. The fraction of sp³-hybridized carbons (Fsp3) is 0.222. The third-order valence-corrected chi connectivity index (χ3v) is 2.88. The van der Waals surface area contributed by atoms with E-state index in [0.29, 0.717) is 0 Å². The maximum atomic E-state index is 13.1. The number of anilines is 2. The second kappa shape index (κ2) is 5.19. The van der Waals surface area contributed by atoms with Crippen LogP contribution < -0.4 is 16.2 Å². The molecule has 0 aliphatic carbocycles. The Bertz CT molecular complexity index is 573. The summed E-state index contributed by atoms with van der Waals surface area (Å²) in [5.74, 6) is -2.65. The Balaban J connectivity index is 2.96. The number of halogens is 1. The molecule has 0 aromatic heterocycles. The Morgan fingerprint density at radius 2 is 2.06 bits per heavy atom. The van der Waals surface area contributed by atoms with Gasteiger partial charge in [0.05, 0.1) is 17.1 Å². The Morgan fingerprint density at radius 3 is 2.56 bits per heavy atom. The van der Waals surface area contributed by atoms with Gasteiger partial charge in [-0.05, 0) is 12.1 Å². The van der Waals surface area contributed by atoms with Crippen LogP contribution in [0.25, 0.3) is 0 Å². The molecule has 0 fully saturated rings. The van der Waals surface area contributed by atoms with Crippen molar-refractivity contribution in [1.29, 1.82) is 0 Å². The van der Waals surface area contributed by atoms with Crippen molar-refractivity contribution in [3.8, 4) is 0 Å². The highest BCUT2D eigenvalue weighted by Gasteiger charge is 2.17. The van der Waals surface area contributed by atoms with Gasteiger partial charge in [0.25, 0.3) is 0 Å². The molecule has 0 radical (unpaired) electrons. The van der Waals surface area contributed by atoms with Crippen molar-refractivity contribution in [2.45, 2.75) is 0 Å². The predicted octanol–water partition coefficient (Wildman–Crippen LogP) is -0.193. The lowest BCUT2D eigenvalue weighted by atomic mass is 10.1. The van der Waals surface area contributed by atoms with Crippen molar-refractivity contribution in [3.63, 3.8) is 0 Å². The van der Waals surface area contributed by atoms with Gasteiger partial charge in [0, 0.05) is 6.54 Å². The van der Waals surface area contributed by atoms with Gasteiger partial charge in [0.2, 0.25) is 10.0 Å². The lowest BCUT2D eigenvalue weighted by molar-refractivity contribution is 0.0698. The number of carbonyl (C=O) groups is 1. The molecule has 9 heteroatoms. The van der Waals surface area contributed by atoms with Gasteiger partial charge >= 0.3 is 5.97 Å². The Morgan fingerprint density at radius 1 is 1.44 bits per heavy atom. The molecule has 0 aliphatic heterocycles. The average Bonchev–Trinajstić information content (AvgIpc) is 2.21. The molecule has 0 amide bonds. The summed E-state index contributed by atoms with van der Waals surface area (Å²) in [6.45, 7) is -0.107. The van der Waals surface area contributed by atoms with Crippen LogP contribution in [0, 0.1) is 5.82 Å². The number of hydrogen-bond acceptors (Lipinski definition) is 5. The van der Waals surface area contributed by atoms with Crippen LogP contribution in [0.1, 0.15) is 10.4 Å². The van der Waals surface area contributed by atoms with Crippen LogP contribution in [0.5, 0.6) is 0 Å². The molecule has 0 saturated carbocycles. The van der Waals surface area contributed by atoms with Crippen molar-refractivity contribution in [2.24, 2.45) is 5.14 Å². The Labute approximate surface area is 103 Å². The van der Waals surface area contributed by atoms with E-state index >= 15 is 0 Å². The molecule has 0 aliphatic rings. The summed E-state index contributed by atoms with van der Waals surface area (Å²) in [5.41, 5.74) is 4.38. The van der Waals surface area contributed by atoms with Crippen LogP contribution in [-0.2, 0) is 10.0 Å². The molecule has 1 aromatic rings. The van der Waals surface area contributed by atoms with E-state index in [4.69, 9.17) is 16.0 Å². The fourth-order valence-corrected chi connectivity index (χ4v) is 1.69. The van der Waals surface area contributed by atoms with E-state index in [2.05, 4.69) is 5.32 Å². The molecule has 0 saturated heterocycles. The lowest BCUT2D eigenvalue weighted by Crippen LogP contribution is -2.23. The van der Waals surface area contributed by atoms with Gasteiger partial charge in [-0.15, -0.1) is 0 Å². The van der Waals surface area contributed by atoms with Crippen LogP contribution in [0.4, 0.5) is 15.8 Å². The van der Waals surface area contributed by atoms with Gasteiger partial charge in [-0.2, -0.15) is 0 Å². The summed E-state index contributed by atoms with van der Waals surface area (Å²) in [5, 5.41) is 16.2. The Kier molecular flexibility index (Phi) is 4.09. The van der Waals surface area contributed by atoms with Crippen LogP contribution in [0.15, 0.2) is 12.1 Å². The molecule has 0 heterocycles. The van der Waals surface area contributed by atoms with Crippen molar-refractivity contribution < 1.29 is 22.7 Å². The largest absolute Gasteiger partial charge is 0.478 e. The quantitative estimate of drug-likeness (QED) is 0.551. The van der Waals surface area contributed by atoms with E-state index in [1.165, 1.54) is 0 Å². The Hall–Kier alpha value is -1.87. The molecule has 0 bridgehead atoms. The first kappa shape index (κ1) is 14.2. The first-order valence-corrected chi connectivity index (χ1v) is 6.49. The minimum absolute atomic E-state index is 0.0325. The topological polar surface area (TPSA) is 136 Å². The van der Waals surface area contributed by atoms with Gasteiger partial charge in [0.1, 0.15) is 11.4 Å². The third kappa shape index (κ3) is 3.57. The van der Waals surface area contributed by atoms with E-state index in [0.717, 1.165) is 12.1 Å². The summed E-state index contributed by atoms with van der Waals surface area (Å²) in [6, 6.07) is 2.15. The molecule has 0 spiro atoms. The van der Waals surface area contributed by atoms with Gasteiger partial charge in [0.15, 0.2) is 0 Å². The van der Waals surface area contributed by atoms with Crippen LogP contribution in [0.3, 0.4) is 0 Å². The summed E-state index contributed by atoms with van der Waals surface area (Å²) in [7, 11) is -3.66. The minimum atomic E-state index is -3.66. The van der Waals surface area contributed by atoms with Crippen LogP contribution in [-0.4, -0.2) is 31.8 Å². The van der Waals surface area contributed by atoms with E-state index in [-0.39, 0.29) is 18.0 Å². The standard InChI is InChI=1S/C9H12FN3O4S/c10-5-1-2-6(7(8(5)11)9(14)15)13-3-4-18(12,16)17/h1-2,13H,3-4,11H2,(H,14,15)(H2,12,16,17). The van der Waals surface area contributed by atoms with Crippen molar-refractivity contribution >= 4 is 27.4 Å². The highest BCUT2D eigenvalue weighted by Crippen LogP contribution is 2.24. The number of hydrogen-bond donors (Lipinski definition) is 4. The molecular formula is C9H12FN3O4S. The van der Waals surface area contributed by atoms with E-state index in [1.54, 1.807) is 0 Å². The zero-order valence-electron chi connectivity index (χ0n) is 9.18. The average molecular weight is 277 g/mol. The molecule has 100 valence electrons. The number of nitrogens with two attached hydrogens (primary N) is 2. The van der Waals surface area contributed by atoms with Gasteiger partial charge in [-0.3, -0.25) is 0 Å². The number of carboxylic acid groups (broad SMARTS) is 1. The lowest BCUT2D eigenvalue weighted by Gasteiger charge is -2.11. The molecule has 0 atom stereocenters. The van der Waals surface area contributed by atoms with Crippen molar-refractivity contribution in [2.75, 3.05) is 23.3 Å². The normalized spacial score (nSPS) is 11.2. The van der Waals surface area contributed by atoms with Crippen LogP contribution in [0.2, 0.25) is 0 Å². The zero-order valence-corrected chi connectivity index (χ0v) is 10.00. The maximum absolute atomic E-state index is 13.1. The van der Waals surface area contributed by atoms with Gasteiger partial charge < -0.3 is 16.2 Å². The van der Waals surface area contributed by atoms with Gasteiger partial charge in [-0.1, -0.05) is 0 Å². The monoisotopic (exact) mass is 277 g/mol. The molecule has 6 N–H and O–H groups in total. The highest BCUT2D eigenvalue weighted by molar-refractivity contribution is 7.89. The molecular weight excluding hydrogens is 265 g/mol. The molecule has 18 heavy (non-hydrogen) atoms. The minimum Gasteiger partial charge on any atom is -0.478 e. The maximum Gasteiger partial charge on any atom is 0.340 e. The number of aromatic carboxylic acids is 1. The third-order valence-electron chi connectivity index (χ3n) is 2.11. The smallest absolute Gasteiger partial charge is 0.340 e. The first-order chi connectivity index (χ1) is 8.22. The summed E-state index contributed by atoms with van der Waals surface area (Å²) in [6.07, 6.45) is 0. The van der Waals surface area contributed by atoms with Crippen molar-refractivity contribution in [3.05, 3.63) is 23.5 Å². The first-order valence-electron chi connectivity index (χ1n) is 4.78. The summed E-state index contributed by atoms with van der Waals surface area (Å²) >= 11 is 0. The van der Waals surface area contributed by atoms with Gasteiger partial charge in [-0.25, -0.2) is 22.7 Å². The molecule has 1 rings (SSSR count). The highest BCUT2D eigenvalue weighted by atomic mass is 32.2. The van der Waals surface area contributed by atoms with E-state index in [1.807, 2.05) is 0 Å². The summed E-state index contributed by atoms with van der Waals surface area (Å²) < 4.78 is 34.5. The second-order valence-electron chi connectivity index (χ2n) is 3.48. The van der Waals surface area contributed by atoms with E-state index in [9.17, 15) is 17.6 Å². The number of nitrogen functional groups attached to an aromatic ring is 1. The van der Waals surface area contributed by atoms with Crippen molar-refractivity contribution in [1.82, 2.24) is 0 Å². The number of nitrogens with one attached hydrogen (secondary N) is 1. The number of carboxylic acids is 1. The van der Waals surface area contributed by atoms with Crippen LogP contribution >= 0.6 is 0 Å². The second-order valence-corrected chi connectivity index (χ2v) is 5.22. The fourth-order valence-electron chi connectivity index (χ4n) is 1.30. The SMILES string of the molecule is Nc1c(F)ccc(NCCS(N)(=O)=O)c1C(=O)O. The molecule has 0 unspecified atom stereocenters. The molecule has 7 nitrogen and oxygen atoms in total. The molecule has 1 aromatic carbocycles. The number of rotatable bonds is 5. The number of benzene rings is 1. The summed E-state index contributed by atoms with van der Waals surface area (Å²) in [4.78, 5) is 10.9. The van der Waals surface area contributed by atoms with E-state index < -0.39 is 33.1 Å². The number of primary sulfonamides is 1.